The molecule has 0 atom stereocenters. The standard InChI is InChI=1S/C27H24N6O/c1-17-7-8-21(32-25(34)20-9-11-30-24(14-20)27(2,3)16-28)15-22(17)18-5-4-6-19(13-18)23-10-12-31-26(29)33-23/h4-15H,1-3H3,(H,32,34)(H2,29,31,33). The molecule has 0 fully saturated rings. The molecule has 2 heterocycles. The predicted octanol–water partition coefficient (Wildman–Crippen LogP) is 5.15. The van der Waals surface area contributed by atoms with E-state index in [9.17, 15) is 10.1 Å². The number of nitrogens with two attached hydrogens (primary N) is 1. The van der Waals surface area contributed by atoms with Gasteiger partial charge in [0, 0.05) is 29.2 Å². The van der Waals surface area contributed by atoms with Crippen molar-refractivity contribution in [2.75, 3.05) is 11.1 Å². The molecule has 0 aliphatic rings. The highest BCUT2D eigenvalue weighted by molar-refractivity contribution is 6.04. The molecule has 4 aromatic rings. The molecule has 0 bridgehead atoms. The molecule has 4 rings (SSSR count). The van der Waals surface area contributed by atoms with Crippen molar-refractivity contribution in [3.05, 3.63) is 89.9 Å². The lowest BCUT2D eigenvalue weighted by atomic mass is 9.90. The number of amides is 1. The van der Waals surface area contributed by atoms with Gasteiger partial charge in [-0.2, -0.15) is 5.26 Å². The Morgan fingerprint density at radius 2 is 1.76 bits per heavy atom. The monoisotopic (exact) mass is 448 g/mol. The summed E-state index contributed by atoms with van der Waals surface area (Å²) < 4.78 is 0. The van der Waals surface area contributed by atoms with Crippen molar-refractivity contribution in [3.8, 4) is 28.5 Å². The molecule has 0 radical (unpaired) electrons. The number of carbonyl (C=O) groups excluding carboxylic acids is 1. The number of nitrogens with zero attached hydrogens (tertiary/aromatic N) is 4. The van der Waals surface area contributed by atoms with Crippen molar-refractivity contribution in [3.63, 3.8) is 0 Å². The number of anilines is 2. The fourth-order valence-corrected chi connectivity index (χ4v) is 3.57. The molecule has 3 N–H and O–H groups in total. The van der Waals surface area contributed by atoms with E-state index >= 15 is 0 Å². The molecular formula is C27H24N6O. The quantitative estimate of drug-likeness (QED) is 0.436. The van der Waals surface area contributed by atoms with Gasteiger partial charge in [-0.3, -0.25) is 9.78 Å². The number of benzene rings is 2. The molecule has 1 amide bonds. The summed E-state index contributed by atoms with van der Waals surface area (Å²) in [7, 11) is 0. The smallest absolute Gasteiger partial charge is 0.255 e. The number of nitrogen functional groups attached to an aromatic ring is 1. The molecule has 0 saturated carbocycles. The van der Waals surface area contributed by atoms with E-state index in [1.165, 1.54) is 0 Å². The molecule has 168 valence electrons. The van der Waals surface area contributed by atoms with Crippen molar-refractivity contribution in [1.82, 2.24) is 15.0 Å². The van der Waals surface area contributed by atoms with Gasteiger partial charge in [-0.15, -0.1) is 0 Å². The topological polar surface area (TPSA) is 118 Å². The van der Waals surface area contributed by atoms with Gasteiger partial charge >= 0.3 is 0 Å². The van der Waals surface area contributed by atoms with Crippen LogP contribution < -0.4 is 11.1 Å². The lowest BCUT2D eigenvalue weighted by molar-refractivity contribution is 0.102. The molecular weight excluding hydrogens is 424 g/mol. The number of carbonyl (C=O) groups is 1. The van der Waals surface area contributed by atoms with E-state index in [1.54, 1.807) is 38.4 Å². The number of pyridine rings is 1. The summed E-state index contributed by atoms with van der Waals surface area (Å²) >= 11 is 0. The largest absolute Gasteiger partial charge is 0.368 e. The Kier molecular flexibility index (Phi) is 6.07. The lowest BCUT2D eigenvalue weighted by Gasteiger charge is -2.15. The number of hydrogen-bond donors (Lipinski definition) is 2. The Labute approximate surface area is 198 Å². The molecule has 0 unspecified atom stereocenters. The van der Waals surface area contributed by atoms with Crippen LogP contribution in [0.3, 0.4) is 0 Å². The van der Waals surface area contributed by atoms with Crippen LogP contribution >= 0.6 is 0 Å². The van der Waals surface area contributed by atoms with E-state index in [2.05, 4.69) is 26.3 Å². The first-order chi connectivity index (χ1) is 16.3. The van der Waals surface area contributed by atoms with E-state index in [1.807, 2.05) is 55.5 Å². The summed E-state index contributed by atoms with van der Waals surface area (Å²) in [5, 5.41) is 12.3. The van der Waals surface area contributed by atoms with Crippen molar-refractivity contribution in [2.45, 2.75) is 26.2 Å². The summed E-state index contributed by atoms with van der Waals surface area (Å²) in [5.74, 6) is -0.0429. The Bertz CT molecular complexity index is 1420. The molecule has 0 aliphatic carbocycles. The molecule has 2 aromatic heterocycles. The highest BCUT2D eigenvalue weighted by Crippen LogP contribution is 2.30. The van der Waals surface area contributed by atoms with Gasteiger partial charge in [0.05, 0.1) is 22.9 Å². The van der Waals surface area contributed by atoms with Gasteiger partial charge in [0.2, 0.25) is 5.95 Å². The maximum atomic E-state index is 12.9. The van der Waals surface area contributed by atoms with Gasteiger partial charge in [0.15, 0.2) is 0 Å². The first kappa shape index (κ1) is 22.6. The van der Waals surface area contributed by atoms with Gasteiger partial charge in [0.1, 0.15) is 0 Å². The Balaban J connectivity index is 1.63. The number of aromatic nitrogens is 3. The number of rotatable bonds is 5. The molecule has 34 heavy (non-hydrogen) atoms. The minimum absolute atomic E-state index is 0.223. The molecule has 0 saturated heterocycles. The molecule has 2 aromatic carbocycles. The van der Waals surface area contributed by atoms with E-state index < -0.39 is 5.41 Å². The first-order valence-electron chi connectivity index (χ1n) is 10.8. The van der Waals surface area contributed by atoms with Crippen molar-refractivity contribution < 1.29 is 4.79 Å². The van der Waals surface area contributed by atoms with Crippen LogP contribution in [-0.4, -0.2) is 20.9 Å². The summed E-state index contributed by atoms with van der Waals surface area (Å²) in [6, 6.07) is 21.1. The molecule has 0 aliphatic heterocycles. The molecule has 7 heteroatoms. The van der Waals surface area contributed by atoms with Crippen LogP contribution in [0.5, 0.6) is 0 Å². The zero-order valence-electron chi connectivity index (χ0n) is 19.2. The zero-order chi connectivity index (χ0) is 24.3. The summed E-state index contributed by atoms with van der Waals surface area (Å²) in [5.41, 5.74) is 11.3. The third-order valence-corrected chi connectivity index (χ3v) is 5.58. The highest BCUT2D eigenvalue weighted by atomic mass is 16.1. The molecule has 7 nitrogen and oxygen atoms in total. The van der Waals surface area contributed by atoms with Gasteiger partial charge in [-0.25, -0.2) is 9.97 Å². The van der Waals surface area contributed by atoms with Crippen LogP contribution in [0.1, 0.15) is 35.5 Å². The second-order valence-electron chi connectivity index (χ2n) is 8.53. The Morgan fingerprint density at radius 3 is 2.53 bits per heavy atom. The van der Waals surface area contributed by atoms with Crippen LogP contribution in [0.15, 0.2) is 73.1 Å². The van der Waals surface area contributed by atoms with Crippen molar-refractivity contribution in [1.29, 1.82) is 5.26 Å². The Morgan fingerprint density at radius 1 is 1.00 bits per heavy atom. The SMILES string of the molecule is Cc1ccc(NC(=O)c2ccnc(C(C)(C)C#N)c2)cc1-c1cccc(-c2ccnc(N)n2)c1. The second-order valence-corrected chi connectivity index (χ2v) is 8.53. The van der Waals surface area contributed by atoms with Crippen LogP contribution in [0.25, 0.3) is 22.4 Å². The average Bonchev–Trinajstić information content (AvgIpc) is 2.85. The van der Waals surface area contributed by atoms with Crippen LogP contribution in [0.4, 0.5) is 11.6 Å². The third kappa shape index (κ3) is 4.76. The average molecular weight is 449 g/mol. The zero-order valence-corrected chi connectivity index (χ0v) is 19.2. The minimum atomic E-state index is -0.785. The maximum absolute atomic E-state index is 12.9. The normalized spacial score (nSPS) is 11.0. The van der Waals surface area contributed by atoms with Crippen LogP contribution in [0, 0.1) is 18.3 Å². The van der Waals surface area contributed by atoms with Crippen LogP contribution in [-0.2, 0) is 5.41 Å². The first-order valence-corrected chi connectivity index (χ1v) is 10.8. The van der Waals surface area contributed by atoms with E-state index in [-0.39, 0.29) is 11.9 Å². The summed E-state index contributed by atoms with van der Waals surface area (Å²) in [4.78, 5) is 25.5. The van der Waals surface area contributed by atoms with E-state index in [0.29, 0.717) is 16.9 Å². The fraction of sp³-hybridized carbons (Fsp3) is 0.148. The minimum Gasteiger partial charge on any atom is -0.368 e. The maximum Gasteiger partial charge on any atom is 0.255 e. The fourth-order valence-electron chi connectivity index (χ4n) is 3.57. The van der Waals surface area contributed by atoms with Gasteiger partial charge < -0.3 is 11.1 Å². The summed E-state index contributed by atoms with van der Waals surface area (Å²) in [6.07, 6.45) is 3.18. The third-order valence-electron chi connectivity index (χ3n) is 5.58. The van der Waals surface area contributed by atoms with E-state index in [4.69, 9.17) is 5.73 Å². The van der Waals surface area contributed by atoms with Gasteiger partial charge in [0.25, 0.3) is 5.91 Å². The summed E-state index contributed by atoms with van der Waals surface area (Å²) in [6.45, 7) is 5.57. The van der Waals surface area contributed by atoms with Gasteiger partial charge in [-0.1, -0.05) is 24.3 Å². The number of nitrogens with one attached hydrogen (secondary N) is 1. The highest BCUT2D eigenvalue weighted by Gasteiger charge is 2.22. The van der Waals surface area contributed by atoms with Gasteiger partial charge in [-0.05, 0) is 73.9 Å². The van der Waals surface area contributed by atoms with Crippen molar-refractivity contribution in [2.24, 2.45) is 0 Å². The second kappa shape index (κ2) is 9.12. The van der Waals surface area contributed by atoms with E-state index in [0.717, 1.165) is 27.9 Å². The van der Waals surface area contributed by atoms with Crippen molar-refractivity contribution >= 4 is 17.5 Å². The number of aryl methyl sites for hydroxylation is 1. The number of hydrogen-bond acceptors (Lipinski definition) is 6. The predicted molar refractivity (Wildman–Crippen MR) is 133 cm³/mol. The lowest BCUT2D eigenvalue weighted by Crippen LogP contribution is -2.18. The number of nitriles is 1. The molecule has 0 spiro atoms. The van der Waals surface area contributed by atoms with Crippen LogP contribution in [0.2, 0.25) is 0 Å². The Hall–Kier alpha value is -4.57.